The summed E-state index contributed by atoms with van der Waals surface area (Å²) < 4.78 is 11.0. The van der Waals surface area contributed by atoms with Crippen molar-refractivity contribution in [3.8, 4) is 11.8 Å². The van der Waals surface area contributed by atoms with E-state index in [1.807, 2.05) is 48.5 Å². The fraction of sp³-hybridized carbons (Fsp3) is 0.290. The lowest BCUT2D eigenvalue weighted by Crippen LogP contribution is -2.18. The molecule has 0 saturated heterocycles. The van der Waals surface area contributed by atoms with Crippen LogP contribution in [0.3, 0.4) is 0 Å². The number of carbonyl (C=O) groups excluding carboxylic acids is 1. The summed E-state index contributed by atoms with van der Waals surface area (Å²) in [5.74, 6) is 6.43. The smallest absolute Gasteiger partial charge is 0.252 e. The van der Waals surface area contributed by atoms with Crippen LogP contribution in [0.5, 0.6) is 0 Å². The summed E-state index contributed by atoms with van der Waals surface area (Å²) in [7, 11) is 1.65. The van der Waals surface area contributed by atoms with E-state index in [1.165, 1.54) is 0 Å². The van der Waals surface area contributed by atoms with E-state index in [1.54, 1.807) is 18.8 Å². The average Bonchev–Trinajstić information content (AvgIpc) is 3.35. The zero-order valence-electron chi connectivity index (χ0n) is 21.9. The second kappa shape index (κ2) is 14.4. The van der Waals surface area contributed by atoms with E-state index in [0.717, 1.165) is 57.5 Å². The molecule has 0 fully saturated rings. The molecule has 196 valence electrons. The van der Waals surface area contributed by atoms with Crippen LogP contribution in [-0.2, 0) is 16.0 Å². The molecule has 0 aromatic heterocycles. The van der Waals surface area contributed by atoms with Gasteiger partial charge in [0.25, 0.3) is 5.91 Å². The molecule has 38 heavy (non-hydrogen) atoms. The number of nitrogens with zero attached hydrogens (tertiary/aromatic N) is 1. The van der Waals surface area contributed by atoms with Crippen molar-refractivity contribution >= 4 is 29.1 Å². The highest BCUT2D eigenvalue weighted by Crippen LogP contribution is 2.33. The maximum Gasteiger partial charge on any atom is 0.252 e. The third-order valence-electron chi connectivity index (χ3n) is 5.81. The molecule has 4 rings (SSSR count). The normalized spacial score (nSPS) is 11.8. The molecule has 0 unspecified atom stereocenters. The first kappa shape index (κ1) is 27.5. The molecule has 0 bridgehead atoms. The van der Waals surface area contributed by atoms with E-state index in [4.69, 9.17) is 9.47 Å². The first-order valence-corrected chi connectivity index (χ1v) is 13.7. The van der Waals surface area contributed by atoms with Crippen molar-refractivity contribution in [3.05, 3.63) is 89.0 Å². The van der Waals surface area contributed by atoms with Crippen molar-refractivity contribution in [1.82, 2.24) is 5.32 Å². The molecule has 0 saturated carbocycles. The highest BCUT2D eigenvalue weighted by Gasteiger charge is 2.16. The zero-order valence-corrected chi connectivity index (χ0v) is 22.7. The molecular formula is C31H33N3O3S. The summed E-state index contributed by atoms with van der Waals surface area (Å²) in [4.78, 5) is 18.9. The monoisotopic (exact) mass is 527 g/mol. The minimum atomic E-state index is -0.0873. The number of fused-ring (bicyclic) bond motifs is 1. The summed E-state index contributed by atoms with van der Waals surface area (Å²) in [6.07, 6.45) is 1.03. The SMILES string of the molecule is CCCOCCOCCNc1cccc(C#CC2=NCc3cc(Sc4ccccc4C(=O)NC)ccc32)c1. The number of hydrogen-bond donors (Lipinski definition) is 2. The number of rotatable bonds is 12. The van der Waals surface area contributed by atoms with Crippen LogP contribution in [0.2, 0.25) is 0 Å². The van der Waals surface area contributed by atoms with Gasteiger partial charge < -0.3 is 20.1 Å². The van der Waals surface area contributed by atoms with Gasteiger partial charge in [-0.2, -0.15) is 0 Å². The lowest BCUT2D eigenvalue weighted by Gasteiger charge is -2.09. The maximum atomic E-state index is 12.2. The van der Waals surface area contributed by atoms with Crippen LogP contribution in [0.15, 0.2) is 81.5 Å². The van der Waals surface area contributed by atoms with E-state index in [-0.39, 0.29) is 5.91 Å². The molecule has 3 aromatic carbocycles. The average molecular weight is 528 g/mol. The minimum Gasteiger partial charge on any atom is -0.383 e. The number of aliphatic imine (C=N–C) groups is 1. The van der Waals surface area contributed by atoms with Crippen LogP contribution in [0, 0.1) is 11.8 Å². The summed E-state index contributed by atoms with van der Waals surface area (Å²) in [5.41, 5.74) is 5.63. The molecule has 0 aliphatic carbocycles. The summed E-state index contributed by atoms with van der Waals surface area (Å²) in [6, 6.07) is 22.0. The van der Waals surface area contributed by atoms with Gasteiger partial charge in [0.2, 0.25) is 0 Å². The van der Waals surface area contributed by atoms with Crippen LogP contribution < -0.4 is 10.6 Å². The highest BCUT2D eigenvalue weighted by molar-refractivity contribution is 7.99. The second-order valence-electron chi connectivity index (χ2n) is 8.64. The van der Waals surface area contributed by atoms with Gasteiger partial charge in [-0.15, -0.1) is 0 Å². The fourth-order valence-corrected chi connectivity index (χ4v) is 4.94. The van der Waals surface area contributed by atoms with Crippen LogP contribution in [-0.4, -0.2) is 51.6 Å². The first-order valence-electron chi connectivity index (χ1n) is 12.9. The van der Waals surface area contributed by atoms with Crippen molar-refractivity contribution in [3.63, 3.8) is 0 Å². The Kier molecular flexibility index (Phi) is 10.4. The Hall–Kier alpha value is -3.57. The number of anilines is 1. The number of benzene rings is 3. The van der Waals surface area contributed by atoms with Crippen LogP contribution >= 0.6 is 11.8 Å². The Bertz CT molecular complexity index is 1340. The number of hydrogen-bond acceptors (Lipinski definition) is 6. The molecule has 2 N–H and O–H groups in total. The topological polar surface area (TPSA) is 72.0 Å². The number of ether oxygens (including phenoxy) is 2. The molecule has 0 atom stereocenters. The minimum absolute atomic E-state index is 0.0873. The van der Waals surface area contributed by atoms with Crippen LogP contribution in [0.25, 0.3) is 0 Å². The summed E-state index contributed by atoms with van der Waals surface area (Å²) >= 11 is 1.58. The second-order valence-corrected chi connectivity index (χ2v) is 9.76. The highest BCUT2D eigenvalue weighted by atomic mass is 32.2. The van der Waals surface area contributed by atoms with E-state index in [2.05, 4.69) is 52.6 Å². The molecule has 1 aliphatic rings. The predicted molar refractivity (Wildman–Crippen MR) is 154 cm³/mol. The number of nitrogens with one attached hydrogen (secondary N) is 2. The third-order valence-corrected chi connectivity index (χ3v) is 6.88. The molecule has 1 amide bonds. The number of carbonyl (C=O) groups is 1. The van der Waals surface area contributed by atoms with Crippen molar-refractivity contribution < 1.29 is 14.3 Å². The maximum absolute atomic E-state index is 12.2. The Balaban J connectivity index is 1.33. The molecular weight excluding hydrogens is 494 g/mol. The van der Waals surface area contributed by atoms with E-state index in [0.29, 0.717) is 31.9 Å². The van der Waals surface area contributed by atoms with Crippen LogP contribution in [0.4, 0.5) is 5.69 Å². The standard InChI is InChI=1S/C31H33N3O3S/c1-3-16-36-18-19-37-17-15-33-25-8-6-7-23(20-25)11-14-29-27-13-12-26(21-24(27)22-34-29)38-30-10-5-4-9-28(30)31(35)32-2/h4-10,12-13,20-21,33H,3,15-19,22H2,1-2H3,(H,32,35). The Morgan fingerprint density at radius 2 is 1.82 bits per heavy atom. The van der Waals surface area contributed by atoms with Gasteiger partial charge in [0.05, 0.1) is 31.9 Å². The van der Waals surface area contributed by atoms with Gasteiger partial charge in [0, 0.05) is 46.8 Å². The van der Waals surface area contributed by atoms with Gasteiger partial charge in [0.15, 0.2) is 0 Å². The third kappa shape index (κ3) is 7.72. The van der Waals surface area contributed by atoms with Gasteiger partial charge >= 0.3 is 0 Å². The summed E-state index contributed by atoms with van der Waals surface area (Å²) in [6.45, 7) is 6.07. The molecule has 1 aliphatic heterocycles. The fourth-order valence-electron chi connectivity index (χ4n) is 3.93. The van der Waals surface area contributed by atoms with Crippen molar-refractivity contribution in [1.29, 1.82) is 0 Å². The zero-order chi connectivity index (χ0) is 26.6. The van der Waals surface area contributed by atoms with Gasteiger partial charge in [-0.05, 0) is 60.4 Å². The largest absolute Gasteiger partial charge is 0.383 e. The molecule has 0 radical (unpaired) electrons. The number of amides is 1. The molecule has 1 heterocycles. The Morgan fingerprint density at radius 1 is 0.974 bits per heavy atom. The van der Waals surface area contributed by atoms with Crippen molar-refractivity contribution in [2.75, 3.05) is 45.3 Å². The van der Waals surface area contributed by atoms with Gasteiger partial charge in [-0.25, -0.2) is 0 Å². The first-order chi connectivity index (χ1) is 18.7. The molecule has 0 spiro atoms. The van der Waals surface area contributed by atoms with Crippen molar-refractivity contribution in [2.24, 2.45) is 4.99 Å². The summed E-state index contributed by atoms with van der Waals surface area (Å²) in [5, 5.41) is 6.09. The molecule has 7 heteroatoms. The van der Waals surface area contributed by atoms with E-state index < -0.39 is 0 Å². The van der Waals surface area contributed by atoms with Gasteiger partial charge in [-0.1, -0.05) is 48.9 Å². The lowest BCUT2D eigenvalue weighted by atomic mass is 10.1. The molecule has 6 nitrogen and oxygen atoms in total. The van der Waals surface area contributed by atoms with Crippen LogP contribution in [0.1, 0.15) is 40.4 Å². The molecule has 3 aromatic rings. The van der Waals surface area contributed by atoms with Crippen molar-refractivity contribution in [2.45, 2.75) is 29.7 Å². The van der Waals surface area contributed by atoms with E-state index >= 15 is 0 Å². The Labute approximate surface area is 229 Å². The van der Waals surface area contributed by atoms with Gasteiger partial charge in [0.1, 0.15) is 5.71 Å². The van der Waals surface area contributed by atoms with Gasteiger partial charge in [-0.3, -0.25) is 9.79 Å². The Morgan fingerprint density at radius 3 is 2.66 bits per heavy atom. The van der Waals surface area contributed by atoms with E-state index in [9.17, 15) is 4.79 Å². The lowest BCUT2D eigenvalue weighted by molar-refractivity contribution is 0.0519. The quantitative estimate of drug-likeness (QED) is 0.244. The predicted octanol–water partition coefficient (Wildman–Crippen LogP) is 5.41.